The first-order valence-corrected chi connectivity index (χ1v) is 11.3. The molecule has 0 atom stereocenters. The van der Waals surface area contributed by atoms with E-state index in [-0.39, 0.29) is 6.09 Å². The van der Waals surface area contributed by atoms with E-state index in [0.29, 0.717) is 19.7 Å². The maximum Gasteiger partial charge on any atom is 0.409 e. The molecule has 0 bridgehead atoms. The minimum absolute atomic E-state index is 0.228. The third-order valence-corrected chi connectivity index (χ3v) is 6.09. The topological polar surface area (TPSA) is 67.9 Å². The van der Waals surface area contributed by atoms with Gasteiger partial charge in [-0.15, -0.1) is 0 Å². The van der Waals surface area contributed by atoms with Crippen LogP contribution in [-0.4, -0.2) is 63.2 Å². The average molecular weight is 445 g/mol. The monoisotopic (exact) mass is 444 g/mol. The van der Waals surface area contributed by atoms with Crippen molar-refractivity contribution in [2.75, 3.05) is 37.7 Å². The van der Waals surface area contributed by atoms with Gasteiger partial charge in [0, 0.05) is 63.2 Å². The zero-order valence-corrected chi connectivity index (χ0v) is 18.8. The van der Waals surface area contributed by atoms with Crippen molar-refractivity contribution >= 4 is 17.3 Å². The van der Waals surface area contributed by atoms with Crippen LogP contribution in [0, 0.1) is 0 Å². The number of rotatable bonds is 5. The number of ether oxygens (including phenoxy) is 1. The molecule has 3 aromatic heterocycles. The zero-order chi connectivity index (χ0) is 22.6. The number of hydrogen-bond acceptors (Lipinski definition) is 5. The molecule has 1 aliphatic heterocycles. The molecule has 1 aromatic carbocycles. The number of benzene rings is 1. The lowest BCUT2D eigenvalue weighted by molar-refractivity contribution is 0.106. The Bertz CT molecular complexity index is 1230. The minimum Gasteiger partial charge on any atom is -0.449 e. The average Bonchev–Trinajstić information content (AvgIpc) is 3.38. The Labute approximate surface area is 193 Å². The van der Waals surface area contributed by atoms with E-state index in [2.05, 4.69) is 27.2 Å². The predicted octanol–water partition coefficient (Wildman–Crippen LogP) is 3.63. The van der Waals surface area contributed by atoms with E-state index in [9.17, 15) is 4.79 Å². The fourth-order valence-electron chi connectivity index (χ4n) is 4.29. The van der Waals surface area contributed by atoms with Crippen molar-refractivity contribution in [2.45, 2.75) is 12.8 Å². The normalized spacial score (nSPS) is 14.5. The third kappa shape index (κ3) is 4.69. The molecule has 0 unspecified atom stereocenters. The summed E-state index contributed by atoms with van der Waals surface area (Å²) in [6, 6.07) is 14.3. The molecule has 0 radical (unpaired) electrons. The molecule has 1 saturated heterocycles. The van der Waals surface area contributed by atoms with E-state index in [0.717, 1.165) is 48.3 Å². The molecule has 0 spiro atoms. The minimum atomic E-state index is -0.228. The van der Waals surface area contributed by atoms with Crippen LogP contribution in [0.2, 0.25) is 0 Å². The van der Waals surface area contributed by atoms with Crippen molar-refractivity contribution in [1.82, 2.24) is 24.3 Å². The Balaban J connectivity index is 1.21. The first-order valence-electron chi connectivity index (χ1n) is 11.3. The summed E-state index contributed by atoms with van der Waals surface area (Å²) in [5.41, 5.74) is 5.46. The van der Waals surface area contributed by atoms with Crippen molar-refractivity contribution in [3.05, 3.63) is 72.8 Å². The number of aromatic nitrogens is 4. The third-order valence-electron chi connectivity index (χ3n) is 6.09. The summed E-state index contributed by atoms with van der Waals surface area (Å²) >= 11 is 0. The van der Waals surface area contributed by atoms with E-state index in [1.807, 2.05) is 71.6 Å². The first-order chi connectivity index (χ1) is 16.2. The van der Waals surface area contributed by atoms with E-state index < -0.39 is 0 Å². The summed E-state index contributed by atoms with van der Waals surface area (Å²) in [6.45, 7) is 3.36. The number of anilines is 1. The van der Waals surface area contributed by atoms with Gasteiger partial charge in [0.05, 0.1) is 30.2 Å². The van der Waals surface area contributed by atoms with Crippen molar-refractivity contribution in [3.8, 4) is 11.1 Å². The Hall–Kier alpha value is -3.81. The Morgan fingerprint density at radius 3 is 2.64 bits per heavy atom. The molecule has 4 aromatic rings. The molecule has 8 nitrogen and oxygen atoms in total. The molecule has 4 heterocycles. The van der Waals surface area contributed by atoms with Crippen LogP contribution in [0.3, 0.4) is 0 Å². The van der Waals surface area contributed by atoms with E-state index in [4.69, 9.17) is 4.74 Å². The fourth-order valence-corrected chi connectivity index (χ4v) is 4.29. The molecule has 33 heavy (non-hydrogen) atoms. The fraction of sp³-hybridized carbons (Fsp3) is 0.320. The summed E-state index contributed by atoms with van der Waals surface area (Å²) < 4.78 is 9.25. The summed E-state index contributed by atoms with van der Waals surface area (Å²) in [4.78, 5) is 16.7. The SMILES string of the molecule is Cn1cc(-c2ccc3c(N4CCCN(C(=O)OCCc5ccccc5)CC4)cnn3c2)cn1. The predicted molar refractivity (Wildman–Crippen MR) is 127 cm³/mol. The van der Waals surface area contributed by atoms with Crippen molar-refractivity contribution in [2.24, 2.45) is 7.05 Å². The second-order valence-corrected chi connectivity index (χ2v) is 8.36. The molecule has 1 amide bonds. The number of hydrogen-bond donors (Lipinski definition) is 0. The molecule has 0 aliphatic carbocycles. The highest BCUT2D eigenvalue weighted by Crippen LogP contribution is 2.26. The number of carbonyl (C=O) groups excluding carboxylic acids is 1. The maximum absolute atomic E-state index is 12.6. The molecule has 1 aliphatic rings. The van der Waals surface area contributed by atoms with Crippen molar-refractivity contribution in [3.63, 3.8) is 0 Å². The van der Waals surface area contributed by atoms with Gasteiger partial charge in [-0.1, -0.05) is 36.4 Å². The smallest absolute Gasteiger partial charge is 0.409 e. The summed E-state index contributed by atoms with van der Waals surface area (Å²) in [5, 5.41) is 8.84. The largest absolute Gasteiger partial charge is 0.449 e. The summed E-state index contributed by atoms with van der Waals surface area (Å²) in [7, 11) is 1.91. The van der Waals surface area contributed by atoms with Gasteiger partial charge in [0.25, 0.3) is 0 Å². The van der Waals surface area contributed by atoms with Gasteiger partial charge in [0.15, 0.2) is 0 Å². The van der Waals surface area contributed by atoms with Gasteiger partial charge in [-0.25, -0.2) is 9.31 Å². The van der Waals surface area contributed by atoms with Crippen LogP contribution in [0.15, 0.2) is 67.3 Å². The zero-order valence-electron chi connectivity index (χ0n) is 18.8. The number of carbonyl (C=O) groups is 1. The van der Waals surface area contributed by atoms with Gasteiger partial charge >= 0.3 is 6.09 Å². The van der Waals surface area contributed by atoms with Gasteiger partial charge < -0.3 is 14.5 Å². The van der Waals surface area contributed by atoms with E-state index in [1.54, 1.807) is 4.68 Å². The van der Waals surface area contributed by atoms with Gasteiger partial charge in [0.2, 0.25) is 0 Å². The number of fused-ring (bicyclic) bond motifs is 1. The first kappa shape index (κ1) is 21.1. The molecule has 8 heteroatoms. The highest BCUT2D eigenvalue weighted by Gasteiger charge is 2.22. The lowest BCUT2D eigenvalue weighted by Gasteiger charge is -2.22. The van der Waals surface area contributed by atoms with Crippen molar-refractivity contribution in [1.29, 1.82) is 0 Å². The lowest BCUT2D eigenvalue weighted by atomic mass is 10.1. The molecular formula is C25H28N6O2. The molecule has 0 N–H and O–H groups in total. The van der Waals surface area contributed by atoms with Crippen LogP contribution in [0.4, 0.5) is 10.5 Å². The number of nitrogens with zero attached hydrogens (tertiary/aromatic N) is 6. The maximum atomic E-state index is 12.6. The number of aryl methyl sites for hydroxylation is 1. The quantitative estimate of drug-likeness (QED) is 0.470. The van der Waals surface area contributed by atoms with Gasteiger partial charge in [-0.2, -0.15) is 10.2 Å². The summed E-state index contributed by atoms with van der Waals surface area (Å²) in [6.07, 6.45) is 9.19. The van der Waals surface area contributed by atoms with Crippen molar-refractivity contribution < 1.29 is 9.53 Å². The van der Waals surface area contributed by atoms with Crippen LogP contribution < -0.4 is 4.90 Å². The molecule has 5 rings (SSSR count). The molecule has 1 fully saturated rings. The van der Waals surface area contributed by atoms with E-state index in [1.165, 1.54) is 5.56 Å². The Morgan fingerprint density at radius 1 is 0.939 bits per heavy atom. The van der Waals surface area contributed by atoms with Gasteiger partial charge in [0.1, 0.15) is 0 Å². The van der Waals surface area contributed by atoms with Crippen LogP contribution in [0.1, 0.15) is 12.0 Å². The molecular weight excluding hydrogens is 416 g/mol. The highest BCUT2D eigenvalue weighted by molar-refractivity contribution is 5.75. The number of pyridine rings is 1. The van der Waals surface area contributed by atoms with Gasteiger partial charge in [-0.3, -0.25) is 4.68 Å². The summed E-state index contributed by atoms with van der Waals surface area (Å²) in [5.74, 6) is 0. The highest BCUT2D eigenvalue weighted by atomic mass is 16.6. The lowest BCUT2D eigenvalue weighted by Crippen LogP contribution is -2.35. The second-order valence-electron chi connectivity index (χ2n) is 8.36. The van der Waals surface area contributed by atoms with Crippen LogP contribution in [-0.2, 0) is 18.2 Å². The van der Waals surface area contributed by atoms with Crippen LogP contribution >= 0.6 is 0 Å². The second kappa shape index (κ2) is 9.36. The standard InChI is InChI=1S/C25H28N6O2/c1-28-18-22(16-26-28)21-8-9-23-24(17-27-31(23)19-21)29-11-5-12-30(14-13-29)25(32)33-15-10-20-6-3-2-4-7-20/h2-4,6-9,16-19H,5,10-15H2,1H3. The number of amides is 1. The van der Waals surface area contributed by atoms with Crippen LogP contribution in [0.5, 0.6) is 0 Å². The van der Waals surface area contributed by atoms with Gasteiger partial charge in [-0.05, 0) is 18.1 Å². The van der Waals surface area contributed by atoms with E-state index >= 15 is 0 Å². The van der Waals surface area contributed by atoms with Crippen LogP contribution in [0.25, 0.3) is 16.6 Å². The molecule has 0 saturated carbocycles. The Morgan fingerprint density at radius 2 is 1.82 bits per heavy atom. The Kier molecular flexibility index (Phi) is 5.97. The molecule has 170 valence electrons.